The van der Waals surface area contributed by atoms with Gasteiger partial charge in [0, 0.05) is 5.56 Å². The number of benzene rings is 1. The molecule has 1 aromatic rings. The quantitative estimate of drug-likeness (QED) is 0.322. The molecular formula is C10H6F4O. The van der Waals surface area contributed by atoms with E-state index in [2.05, 4.69) is 0 Å². The Kier molecular flexibility index (Phi) is 2.06. The van der Waals surface area contributed by atoms with Crippen molar-refractivity contribution >= 4 is 6.29 Å². The molecule has 1 aliphatic rings. The van der Waals surface area contributed by atoms with Crippen LogP contribution in [0, 0.1) is 23.3 Å². The highest BCUT2D eigenvalue weighted by molar-refractivity contribution is 5.73. The first-order valence-electron chi connectivity index (χ1n) is 4.31. The number of halogens is 4. The molecule has 1 aromatic carbocycles. The Morgan fingerprint density at radius 1 is 1.07 bits per heavy atom. The lowest BCUT2D eigenvalue weighted by Crippen LogP contribution is -2.13. The molecule has 1 saturated carbocycles. The number of aldehydes is 1. The van der Waals surface area contributed by atoms with Gasteiger partial charge < -0.3 is 4.79 Å². The summed E-state index contributed by atoms with van der Waals surface area (Å²) in [4.78, 5) is 10.6. The van der Waals surface area contributed by atoms with Crippen molar-refractivity contribution in [3.63, 3.8) is 0 Å². The number of carbonyl (C=O) groups is 1. The van der Waals surface area contributed by atoms with Crippen LogP contribution in [0.2, 0.25) is 0 Å². The normalized spacial score (nSPS) is 17.6. The summed E-state index contributed by atoms with van der Waals surface area (Å²) in [5.74, 6) is -6.66. The molecule has 0 spiro atoms. The van der Waals surface area contributed by atoms with E-state index in [4.69, 9.17) is 0 Å². The molecule has 5 heteroatoms. The van der Waals surface area contributed by atoms with Gasteiger partial charge >= 0.3 is 0 Å². The van der Waals surface area contributed by atoms with Crippen molar-refractivity contribution in [2.45, 2.75) is 18.3 Å². The Balaban J connectivity index is 2.63. The second-order valence-corrected chi connectivity index (χ2v) is 3.62. The fraction of sp³-hybridized carbons (Fsp3) is 0.300. The predicted octanol–water partition coefficient (Wildman–Crippen LogP) is 2.47. The minimum atomic E-state index is -1.86. The molecule has 80 valence electrons. The van der Waals surface area contributed by atoms with E-state index in [0.29, 0.717) is 25.2 Å². The third kappa shape index (κ3) is 1.33. The number of hydrogen-bond acceptors (Lipinski definition) is 1. The highest BCUT2D eigenvalue weighted by Gasteiger charge is 2.47. The standard InChI is InChI=1S/C10H6F4O/c11-6-3-5(10(4-15)1-2-10)7(12)9(14)8(6)13/h3-4H,1-2H2. The third-order valence-electron chi connectivity index (χ3n) is 2.65. The van der Waals surface area contributed by atoms with Crippen LogP contribution in [0.1, 0.15) is 18.4 Å². The van der Waals surface area contributed by atoms with Crippen molar-refractivity contribution in [3.05, 3.63) is 34.9 Å². The monoisotopic (exact) mass is 218 g/mol. The van der Waals surface area contributed by atoms with E-state index in [9.17, 15) is 22.4 Å². The van der Waals surface area contributed by atoms with E-state index in [1.165, 1.54) is 0 Å². The second kappa shape index (κ2) is 3.05. The van der Waals surface area contributed by atoms with Crippen molar-refractivity contribution in [2.75, 3.05) is 0 Å². The second-order valence-electron chi connectivity index (χ2n) is 3.62. The number of rotatable bonds is 2. The molecule has 0 atom stereocenters. The number of hydrogen-bond donors (Lipinski definition) is 0. The average Bonchev–Trinajstić information content (AvgIpc) is 3.01. The van der Waals surface area contributed by atoms with Crippen molar-refractivity contribution < 1.29 is 22.4 Å². The van der Waals surface area contributed by atoms with Gasteiger partial charge in [-0.3, -0.25) is 0 Å². The Hall–Kier alpha value is -1.39. The zero-order valence-corrected chi connectivity index (χ0v) is 7.49. The maximum atomic E-state index is 13.2. The van der Waals surface area contributed by atoms with E-state index < -0.39 is 34.2 Å². The summed E-state index contributed by atoms with van der Waals surface area (Å²) in [5, 5.41) is 0. The van der Waals surface area contributed by atoms with Crippen LogP contribution < -0.4 is 0 Å². The van der Waals surface area contributed by atoms with Crippen LogP contribution in [0.25, 0.3) is 0 Å². The minimum Gasteiger partial charge on any atom is -0.302 e. The lowest BCUT2D eigenvalue weighted by Gasteiger charge is -2.10. The Bertz CT molecular complexity index is 438. The molecule has 0 radical (unpaired) electrons. The van der Waals surface area contributed by atoms with Crippen LogP contribution >= 0.6 is 0 Å². The fourth-order valence-corrected chi connectivity index (χ4v) is 1.52. The van der Waals surface area contributed by atoms with Crippen molar-refractivity contribution in [1.82, 2.24) is 0 Å². The maximum Gasteiger partial charge on any atom is 0.197 e. The van der Waals surface area contributed by atoms with E-state index >= 15 is 0 Å². The molecule has 0 aliphatic heterocycles. The molecule has 2 rings (SSSR count). The van der Waals surface area contributed by atoms with Gasteiger partial charge in [-0.15, -0.1) is 0 Å². The van der Waals surface area contributed by atoms with Crippen LogP contribution in [-0.4, -0.2) is 6.29 Å². The predicted molar refractivity (Wildman–Crippen MR) is 43.3 cm³/mol. The van der Waals surface area contributed by atoms with E-state index in [-0.39, 0.29) is 0 Å². The van der Waals surface area contributed by atoms with E-state index in [1.54, 1.807) is 0 Å². The van der Waals surface area contributed by atoms with Crippen LogP contribution in [0.15, 0.2) is 6.07 Å². The van der Waals surface area contributed by atoms with Crippen LogP contribution in [-0.2, 0) is 10.2 Å². The molecule has 0 aromatic heterocycles. The van der Waals surface area contributed by atoms with Gasteiger partial charge in [0.05, 0.1) is 5.41 Å². The molecule has 15 heavy (non-hydrogen) atoms. The largest absolute Gasteiger partial charge is 0.302 e. The maximum absolute atomic E-state index is 13.2. The first kappa shape index (κ1) is 10.1. The zero-order chi connectivity index (χ0) is 11.2. The minimum absolute atomic E-state index is 0.331. The molecule has 0 N–H and O–H groups in total. The lowest BCUT2D eigenvalue weighted by atomic mass is 9.96. The number of carbonyl (C=O) groups excluding carboxylic acids is 1. The van der Waals surface area contributed by atoms with Crippen LogP contribution in [0.4, 0.5) is 17.6 Å². The molecule has 1 nitrogen and oxygen atoms in total. The van der Waals surface area contributed by atoms with E-state index in [1.807, 2.05) is 0 Å². The summed E-state index contributed by atoms with van der Waals surface area (Å²) in [7, 11) is 0. The van der Waals surface area contributed by atoms with Crippen molar-refractivity contribution in [1.29, 1.82) is 0 Å². The lowest BCUT2D eigenvalue weighted by molar-refractivity contribution is -0.109. The Morgan fingerprint density at radius 2 is 1.67 bits per heavy atom. The highest BCUT2D eigenvalue weighted by atomic mass is 19.2. The SMILES string of the molecule is O=CC1(c2cc(F)c(F)c(F)c2F)CC1. The smallest absolute Gasteiger partial charge is 0.197 e. The van der Waals surface area contributed by atoms with Gasteiger partial charge in [-0.25, -0.2) is 17.6 Å². The van der Waals surface area contributed by atoms with Gasteiger partial charge in [-0.05, 0) is 18.9 Å². The molecular weight excluding hydrogens is 212 g/mol. The summed E-state index contributed by atoms with van der Waals surface area (Å²) in [6, 6.07) is 0.551. The van der Waals surface area contributed by atoms with E-state index in [0.717, 1.165) is 0 Å². The molecule has 1 aliphatic carbocycles. The van der Waals surface area contributed by atoms with Crippen molar-refractivity contribution in [3.8, 4) is 0 Å². The molecule has 0 unspecified atom stereocenters. The fourth-order valence-electron chi connectivity index (χ4n) is 1.52. The first-order chi connectivity index (χ1) is 7.02. The van der Waals surface area contributed by atoms with Gasteiger partial charge in [0.25, 0.3) is 0 Å². The molecule has 0 heterocycles. The molecule has 1 fully saturated rings. The van der Waals surface area contributed by atoms with Crippen LogP contribution in [0.5, 0.6) is 0 Å². The highest BCUT2D eigenvalue weighted by Crippen LogP contribution is 2.47. The van der Waals surface area contributed by atoms with Crippen molar-refractivity contribution in [2.24, 2.45) is 0 Å². The summed E-state index contributed by atoms with van der Waals surface area (Å²) in [6.07, 6.45) is 1.11. The zero-order valence-electron chi connectivity index (χ0n) is 7.49. The average molecular weight is 218 g/mol. The van der Waals surface area contributed by atoms with Gasteiger partial charge in [0.2, 0.25) is 0 Å². The molecule has 0 bridgehead atoms. The van der Waals surface area contributed by atoms with Gasteiger partial charge in [0.1, 0.15) is 6.29 Å². The molecule has 0 amide bonds. The summed E-state index contributed by atoms with van der Waals surface area (Å²) in [6.45, 7) is 0. The van der Waals surface area contributed by atoms with Gasteiger partial charge in [0.15, 0.2) is 23.3 Å². The Morgan fingerprint density at radius 3 is 2.13 bits per heavy atom. The summed E-state index contributed by atoms with van der Waals surface area (Å²) in [5.41, 5.74) is -1.55. The first-order valence-corrected chi connectivity index (χ1v) is 4.31. The summed E-state index contributed by atoms with van der Waals surface area (Å²) >= 11 is 0. The molecule has 0 saturated heterocycles. The third-order valence-corrected chi connectivity index (χ3v) is 2.65. The van der Waals surface area contributed by atoms with Crippen LogP contribution in [0.3, 0.4) is 0 Å². The summed E-state index contributed by atoms with van der Waals surface area (Å²) < 4.78 is 51.5. The van der Waals surface area contributed by atoms with Gasteiger partial charge in [-0.1, -0.05) is 0 Å². The topological polar surface area (TPSA) is 17.1 Å². The van der Waals surface area contributed by atoms with Gasteiger partial charge in [-0.2, -0.15) is 0 Å². The Labute approximate surface area is 82.7 Å².